The monoisotopic (exact) mass is 241 g/mol. The molecule has 1 N–H and O–H groups in total. The van der Waals surface area contributed by atoms with E-state index in [-0.39, 0.29) is 6.04 Å². The molecule has 0 aliphatic heterocycles. The van der Waals surface area contributed by atoms with Gasteiger partial charge >= 0.3 is 0 Å². The number of nitrogens with one attached hydrogen (secondary N) is 1. The minimum absolute atomic E-state index is 0.279. The first kappa shape index (κ1) is 12.6. The number of nitrogens with zero attached hydrogens (tertiary/aromatic N) is 2. The lowest BCUT2D eigenvalue weighted by molar-refractivity contribution is 0.633. The molecule has 0 fully saturated rings. The lowest BCUT2D eigenvalue weighted by atomic mass is 10.2. The van der Waals surface area contributed by atoms with Crippen molar-refractivity contribution in [1.29, 1.82) is 0 Å². The van der Waals surface area contributed by atoms with Crippen LogP contribution in [-0.4, -0.2) is 19.1 Å². The maximum Gasteiger partial charge on any atom is 0.0594 e. The SMILES string of the molecule is CNC(C)c1ccc(N(C)c2ccccc2)cn1. The lowest BCUT2D eigenvalue weighted by Crippen LogP contribution is -2.15. The molecule has 0 spiro atoms. The summed E-state index contributed by atoms with van der Waals surface area (Å²) in [7, 11) is 3.99. The first-order valence-corrected chi connectivity index (χ1v) is 6.14. The summed E-state index contributed by atoms with van der Waals surface area (Å²) in [6.07, 6.45) is 1.91. The van der Waals surface area contributed by atoms with Gasteiger partial charge in [-0.1, -0.05) is 18.2 Å². The summed E-state index contributed by atoms with van der Waals surface area (Å²) < 4.78 is 0. The summed E-state index contributed by atoms with van der Waals surface area (Å²) in [6, 6.07) is 14.7. The maximum atomic E-state index is 4.49. The summed E-state index contributed by atoms with van der Waals surface area (Å²) in [6.45, 7) is 2.10. The Labute approximate surface area is 108 Å². The van der Waals surface area contributed by atoms with E-state index in [1.807, 2.05) is 38.5 Å². The van der Waals surface area contributed by atoms with Gasteiger partial charge in [-0.05, 0) is 38.2 Å². The Morgan fingerprint density at radius 1 is 1.06 bits per heavy atom. The second-order valence-corrected chi connectivity index (χ2v) is 4.35. The van der Waals surface area contributed by atoms with E-state index in [4.69, 9.17) is 0 Å². The van der Waals surface area contributed by atoms with Crippen molar-refractivity contribution in [1.82, 2.24) is 10.3 Å². The third kappa shape index (κ3) is 2.68. The fourth-order valence-electron chi connectivity index (χ4n) is 1.80. The largest absolute Gasteiger partial charge is 0.343 e. The minimum Gasteiger partial charge on any atom is -0.343 e. The molecule has 0 bridgehead atoms. The van der Waals surface area contributed by atoms with Gasteiger partial charge < -0.3 is 10.2 Å². The fraction of sp³-hybridized carbons (Fsp3) is 0.267. The Kier molecular flexibility index (Phi) is 3.95. The van der Waals surface area contributed by atoms with Crippen molar-refractivity contribution in [3.8, 4) is 0 Å². The number of rotatable bonds is 4. The lowest BCUT2D eigenvalue weighted by Gasteiger charge is -2.19. The molecule has 2 rings (SSSR count). The second kappa shape index (κ2) is 5.65. The van der Waals surface area contributed by atoms with Crippen LogP contribution in [0, 0.1) is 0 Å². The van der Waals surface area contributed by atoms with Crippen molar-refractivity contribution in [3.05, 3.63) is 54.4 Å². The molecular formula is C15H19N3. The van der Waals surface area contributed by atoms with Gasteiger partial charge in [0.2, 0.25) is 0 Å². The van der Waals surface area contributed by atoms with Gasteiger partial charge in [0, 0.05) is 18.8 Å². The van der Waals surface area contributed by atoms with E-state index in [0.717, 1.165) is 17.1 Å². The third-order valence-corrected chi connectivity index (χ3v) is 3.18. The Balaban J connectivity index is 2.19. The molecule has 0 saturated carbocycles. The summed E-state index contributed by atoms with van der Waals surface area (Å²) in [4.78, 5) is 6.62. The molecule has 2 aromatic rings. The van der Waals surface area contributed by atoms with Crippen LogP contribution in [-0.2, 0) is 0 Å². The van der Waals surface area contributed by atoms with Crippen molar-refractivity contribution in [2.45, 2.75) is 13.0 Å². The zero-order valence-electron chi connectivity index (χ0n) is 11.1. The van der Waals surface area contributed by atoms with Gasteiger partial charge in [-0.25, -0.2) is 0 Å². The molecule has 18 heavy (non-hydrogen) atoms. The Morgan fingerprint density at radius 3 is 2.33 bits per heavy atom. The highest BCUT2D eigenvalue weighted by Gasteiger charge is 2.06. The van der Waals surface area contributed by atoms with E-state index in [2.05, 4.69) is 46.4 Å². The Morgan fingerprint density at radius 2 is 1.78 bits per heavy atom. The van der Waals surface area contributed by atoms with E-state index in [9.17, 15) is 0 Å². The highest BCUT2D eigenvalue weighted by molar-refractivity contribution is 5.61. The standard InChI is InChI=1S/C15H19N3/c1-12(16-2)15-10-9-14(11-17-15)18(3)13-7-5-4-6-8-13/h4-12,16H,1-3H3. The van der Waals surface area contributed by atoms with Gasteiger partial charge in [0.15, 0.2) is 0 Å². The van der Waals surface area contributed by atoms with E-state index >= 15 is 0 Å². The smallest absolute Gasteiger partial charge is 0.0594 e. The molecule has 94 valence electrons. The van der Waals surface area contributed by atoms with E-state index in [0.29, 0.717) is 0 Å². The van der Waals surface area contributed by atoms with Crippen molar-refractivity contribution < 1.29 is 0 Å². The van der Waals surface area contributed by atoms with Crippen LogP contribution in [0.5, 0.6) is 0 Å². The molecule has 0 amide bonds. The molecule has 1 unspecified atom stereocenters. The maximum absolute atomic E-state index is 4.49. The highest BCUT2D eigenvalue weighted by atomic mass is 15.1. The average Bonchev–Trinajstić information content (AvgIpc) is 2.47. The van der Waals surface area contributed by atoms with E-state index in [1.165, 1.54) is 0 Å². The summed E-state index contributed by atoms with van der Waals surface area (Å²) in [5, 5.41) is 3.19. The summed E-state index contributed by atoms with van der Waals surface area (Å²) in [5.41, 5.74) is 3.31. The van der Waals surface area contributed by atoms with Crippen molar-refractivity contribution >= 4 is 11.4 Å². The summed E-state index contributed by atoms with van der Waals surface area (Å²) >= 11 is 0. The first-order chi connectivity index (χ1) is 8.72. The second-order valence-electron chi connectivity index (χ2n) is 4.35. The summed E-state index contributed by atoms with van der Waals surface area (Å²) in [5.74, 6) is 0. The van der Waals surface area contributed by atoms with Crippen LogP contribution in [0.25, 0.3) is 0 Å². The predicted octanol–water partition coefficient (Wildman–Crippen LogP) is 3.13. The number of hydrogen-bond acceptors (Lipinski definition) is 3. The average molecular weight is 241 g/mol. The zero-order valence-corrected chi connectivity index (χ0v) is 11.1. The van der Waals surface area contributed by atoms with E-state index < -0.39 is 0 Å². The molecule has 1 aromatic heterocycles. The van der Waals surface area contributed by atoms with E-state index in [1.54, 1.807) is 0 Å². The van der Waals surface area contributed by atoms with Crippen LogP contribution >= 0.6 is 0 Å². The van der Waals surface area contributed by atoms with Gasteiger partial charge in [0.05, 0.1) is 17.6 Å². The number of anilines is 2. The Bertz CT molecular complexity index is 479. The topological polar surface area (TPSA) is 28.2 Å². The van der Waals surface area contributed by atoms with Gasteiger partial charge in [0.1, 0.15) is 0 Å². The molecule has 3 nitrogen and oxygen atoms in total. The molecule has 1 heterocycles. The molecule has 3 heteroatoms. The Hall–Kier alpha value is -1.87. The van der Waals surface area contributed by atoms with Crippen LogP contribution in [0.4, 0.5) is 11.4 Å². The van der Waals surface area contributed by atoms with Crippen molar-refractivity contribution in [3.63, 3.8) is 0 Å². The molecular weight excluding hydrogens is 222 g/mol. The number of benzene rings is 1. The van der Waals surface area contributed by atoms with Crippen LogP contribution < -0.4 is 10.2 Å². The van der Waals surface area contributed by atoms with Crippen LogP contribution in [0.2, 0.25) is 0 Å². The van der Waals surface area contributed by atoms with Crippen LogP contribution in [0.1, 0.15) is 18.7 Å². The highest BCUT2D eigenvalue weighted by Crippen LogP contribution is 2.23. The first-order valence-electron chi connectivity index (χ1n) is 6.14. The van der Waals surface area contributed by atoms with Crippen molar-refractivity contribution in [2.24, 2.45) is 0 Å². The van der Waals surface area contributed by atoms with Crippen molar-refractivity contribution in [2.75, 3.05) is 19.0 Å². The minimum atomic E-state index is 0.279. The van der Waals surface area contributed by atoms with Gasteiger partial charge in [-0.3, -0.25) is 4.98 Å². The van der Waals surface area contributed by atoms with Gasteiger partial charge in [-0.15, -0.1) is 0 Å². The molecule has 0 saturated heterocycles. The predicted molar refractivity (Wildman–Crippen MR) is 76.2 cm³/mol. The normalized spacial score (nSPS) is 12.2. The number of para-hydroxylation sites is 1. The molecule has 0 aliphatic rings. The molecule has 1 atom stereocenters. The third-order valence-electron chi connectivity index (χ3n) is 3.18. The number of pyridine rings is 1. The molecule has 0 radical (unpaired) electrons. The quantitative estimate of drug-likeness (QED) is 0.891. The van der Waals surface area contributed by atoms with Crippen LogP contribution in [0.3, 0.4) is 0 Å². The number of aromatic nitrogens is 1. The molecule has 0 aliphatic carbocycles. The van der Waals surface area contributed by atoms with Gasteiger partial charge in [-0.2, -0.15) is 0 Å². The number of hydrogen-bond donors (Lipinski definition) is 1. The fourth-order valence-corrected chi connectivity index (χ4v) is 1.80. The zero-order chi connectivity index (χ0) is 13.0. The van der Waals surface area contributed by atoms with Gasteiger partial charge in [0.25, 0.3) is 0 Å². The molecule has 1 aromatic carbocycles. The van der Waals surface area contributed by atoms with Crippen LogP contribution in [0.15, 0.2) is 48.7 Å².